The van der Waals surface area contributed by atoms with Crippen LogP contribution in [0.3, 0.4) is 0 Å². The Hall–Kier alpha value is -2.75. The van der Waals surface area contributed by atoms with E-state index in [0.717, 1.165) is 6.20 Å². The molecule has 216 valence electrons. The minimum absolute atomic E-state index is 0.00236. The number of aliphatic hydroxyl groups excluding tert-OH is 3. The molecule has 0 fully saturated rings. The zero-order chi connectivity index (χ0) is 28.9. The normalized spacial score (nSPS) is 17.1. The van der Waals surface area contributed by atoms with Gasteiger partial charge in [0.05, 0.1) is 36.4 Å². The van der Waals surface area contributed by atoms with E-state index in [9.17, 15) is 39.9 Å². The first-order chi connectivity index (χ1) is 17.8. The highest BCUT2D eigenvalue weighted by Gasteiger charge is 2.54. The molecule has 0 aliphatic rings. The van der Waals surface area contributed by atoms with Crippen molar-refractivity contribution in [1.82, 2.24) is 9.97 Å². The van der Waals surface area contributed by atoms with E-state index in [1.54, 1.807) is 0 Å². The van der Waals surface area contributed by atoms with Crippen molar-refractivity contribution in [3.05, 3.63) is 23.8 Å². The maximum absolute atomic E-state index is 11.6. The van der Waals surface area contributed by atoms with Crippen molar-refractivity contribution in [1.29, 1.82) is 0 Å². The minimum atomic E-state index is -2.29. The van der Waals surface area contributed by atoms with Gasteiger partial charge in [-0.05, 0) is 39.0 Å². The fraction of sp³-hybridized carbons (Fsp3) is 0.708. The average molecular weight is 547 g/mol. The number of carboxylic acid groups (broad SMARTS) is 3. The summed E-state index contributed by atoms with van der Waals surface area (Å²) in [4.78, 5) is 40.9. The van der Waals surface area contributed by atoms with E-state index in [-0.39, 0.29) is 75.8 Å². The number of hydrogen-bond donors (Lipinski definition) is 8. The molecular weight excluding hydrogens is 508 g/mol. The van der Waals surface area contributed by atoms with E-state index in [1.807, 2.05) is 0 Å². The maximum Gasteiger partial charge on any atom is 0.303 e. The summed E-state index contributed by atoms with van der Waals surface area (Å²) in [5.41, 5.74) is -4.56. The lowest BCUT2D eigenvalue weighted by molar-refractivity contribution is -0.214. The Morgan fingerprint density at radius 3 is 1.92 bits per heavy atom. The molecule has 0 bridgehead atoms. The fourth-order valence-electron chi connectivity index (χ4n) is 4.10. The van der Waals surface area contributed by atoms with Crippen molar-refractivity contribution in [2.45, 2.75) is 94.2 Å². The maximum atomic E-state index is 11.6. The second-order valence-corrected chi connectivity index (χ2v) is 9.21. The zero-order valence-electron chi connectivity index (χ0n) is 21.3. The number of aliphatic carboxylic acids is 3. The summed E-state index contributed by atoms with van der Waals surface area (Å²) in [6.45, 7) is 0.676. The second kappa shape index (κ2) is 15.6. The topological polar surface area (TPSA) is 248 Å². The molecule has 14 heteroatoms. The molecule has 0 aliphatic heterocycles. The molecule has 38 heavy (non-hydrogen) atoms. The molecule has 0 saturated heterocycles. The standard InChI is InChI=1S/C24H38N2O12/c1-15(28)23(36,8-2-5-20(30)31)24(37,9-3-6-21(32)33)19-13-25-16(12-26-19)11-17(29)18(14-27)38-10-4-7-22(34)35/h12-13,15,17-18,27-29,36-37H,2-11,14H2,1H3,(H,30,31)(H,32,33)(H,34,35)/t15-,17-,18+,23+,24?/m0/s1. The molecule has 1 heterocycles. The monoisotopic (exact) mass is 546 g/mol. The van der Waals surface area contributed by atoms with Crippen LogP contribution in [-0.2, 0) is 31.1 Å². The third-order valence-corrected chi connectivity index (χ3v) is 6.31. The number of carboxylic acids is 3. The molecule has 1 rings (SSSR count). The first kappa shape index (κ1) is 33.3. The highest BCUT2D eigenvalue weighted by Crippen LogP contribution is 2.42. The minimum Gasteiger partial charge on any atom is -0.481 e. The van der Waals surface area contributed by atoms with Crippen LogP contribution in [0.2, 0.25) is 0 Å². The Kier molecular flexibility index (Phi) is 13.7. The largest absolute Gasteiger partial charge is 0.481 e. The van der Waals surface area contributed by atoms with Crippen LogP contribution in [0.15, 0.2) is 12.4 Å². The number of carbonyl (C=O) groups is 3. The third kappa shape index (κ3) is 9.85. The van der Waals surface area contributed by atoms with E-state index in [4.69, 9.17) is 20.1 Å². The van der Waals surface area contributed by atoms with Gasteiger partial charge < -0.3 is 45.6 Å². The summed E-state index contributed by atoms with van der Waals surface area (Å²) in [6, 6.07) is 0. The summed E-state index contributed by atoms with van der Waals surface area (Å²) in [6.07, 6.45) is -3.13. The van der Waals surface area contributed by atoms with Crippen LogP contribution in [0.5, 0.6) is 0 Å². The van der Waals surface area contributed by atoms with E-state index >= 15 is 0 Å². The van der Waals surface area contributed by atoms with Gasteiger partial charge in [0, 0.05) is 38.5 Å². The molecule has 0 radical (unpaired) electrons. The van der Waals surface area contributed by atoms with Gasteiger partial charge in [0.1, 0.15) is 17.3 Å². The van der Waals surface area contributed by atoms with Crippen LogP contribution in [0.4, 0.5) is 0 Å². The summed E-state index contributed by atoms with van der Waals surface area (Å²) < 4.78 is 5.34. The first-order valence-corrected chi connectivity index (χ1v) is 12.3. The Balaban J connectivity index is 3.13. The Labute approximate surface area is 219 Å². The lowest BCUT2D eigenvalue weighted by Gasteiger charge is -2.45. The Morgan fingerprint density at radius 1 is 0.895 bits per heavy atom. The average Bonchev–Trinajstić information content (AvgIpc) is 2.83. The van der Waals surface area contributed by atoms with E-state index in [2.05, 4.69) is 9.97 Å². The smallest absolute Gasteiger partial charge is 0.303 e. The number of ether oxygens (including phenoxy) is 1. The second-order valence-electron chi connectivity index (χ2n) is 9.21. The molecule has 0 aromatic carbocycles. The van der Waals surface area contributed by atoms with Crippen molar-refractivity contribution in [3.8, 4) is 0 Å². The lowest BCUT2D eigenvalue weighted by atomic mass is 9.71. The number of nitrogens with zero attached hydrogens (tertiary/aromatic N) is 2. The zero-order valence-corrected chi connectivity index (χ0v) is 21.3. The van der Waals surface area contributed by atoms with E-state index < -0.39 is 54.0 Å². The summed E-state index contributed by atoms with van der Waals surface area (Å²) in [7, 11) is 0. The van der Waals surface area contributed by atoms with Gasteiger partial charge in [-0.1, -0.05) is 0 Å². The van der Waals surface area contributed by atoms with Gasteiger partial charge in [0.25, 0.3) is 0 Å². The van der Waals surface area contributed by atoms with Crippen LogP contribution < -0.4 is 0 Å². The van der Waals surface area contributed by atoms with Crippen molar-refractivity contribution in [2.24, 2.45) is 0 Å². The quantitative estimate of drug-likeness (QED) is 0.0954. The van der Waals surface area contributed by atoms with Crippen molar-refractivity contribution in [3.63, 3.8) is 0 Å². The van der Waals surface area contributed by atoms with Crippen LogP contribution in [0, 0.1) is 0 Å². The summed E-state index contributed by atoms with van der Waals surface area (Å²) in [5, 5.41) is 79.9. The molecule has 1 aromatic heterocycles. The predicted octanol–water partition coefficient (Wildman–Crippen LogP) is -0.568. The third-order valence-electron chi connectivity index (χ3n) is 6.31. The predicted molar refractivity (Wildman–Crippen MR) is 129 cm³/mol. The van der Waals surface area contributed by atoms with Gasteiger partial charge in [0.2, 0.25) is 0 Å². The summed E-state index contributed by atoms with van der Waals surface area (Å²) >= 11 is 0. The molecule has 8 N–H and O–H groups in total. The molecule has 0 saturated carbocycles. The van der Waals surface area contributed by atoms with Crippen LogP contribution in [-0.4, -0.2) is 106 Å². The Bertz CT molecular complexity index is 897. The van der Waals surface area contributed by atoms with Crippen molar-refractivity contribution >= 4 is 17.9 Å². The fourth-order valence-corrected chi connectivity index (χ4v) is 4.10. The Morgan fingerprint density at radius 2 is 1.45 bits per heavy atom. The molecule has 1 aromatic rings. The van der Waals surface area contributed by atoms with Gasteiger partial charge in [-0.2, -0.15) is 0 Å². The molecule has 5 atom stereocenters. The first-order valence-electron chi connectivity index (χ1n) is 12.3. The molecule has 14 nitrogen and oxygen atoms in total. The lowest BCUT2D eigenvalue weighted by Crippen LogP contribution is -2.59. The molecule has 0 aliphatic carbocycles. The highest BCUT2D eigenvalue weighted by molar-refractivity contribution is 5.67. The van der Waals surface area contributed by atoms with Gasteiger partial charge in [-0.3, -0.25) is 24.4 Å². The van der Waals surface area contributed by atoms with Crippen LogP contribution >= 0.6 is 0 Å². The number of hydrogen-bond acceptors (Lipinski definition) is 11. The van der Waals surface area contributed by atoms with Gasteiger partial charge in [0.15, 0.2) is 0 Å². The van der Waals surface area contributed by atoms with Gasteiger partial charge in [-0.25, -0.2) is 0 Å². The van der Waals surface area contributed by atoms with Crippen LogP contribution in [0.25, 0.3) is 0 Å². The molecule has 0 spiro atoms. The van der Waals surface area contributed by atoms with Crippen molar-refractivity contribution < 1.29 is 60.0 Å². The van der Waals surface area contributed by atoms with Gasteiger partial charge in [-0.15, -0.1) is 0 Å². The summed E-state index contributed by atoms with van der Waals surface area (Å²) in [5.74, 6) is -3.28. The highest BCUT2D eigenvalue weighted by atomic mass is 16.5. The molecule has 0 amide bonds. The molecule has 1 unspecified atom stereocenters. The number of aromatic nitrogens is 2. The molecular formula is C24H38N2O12. The van der Waals surface area contributed by atoms with Crippen LogP contribution in [0.1, 0.15) is 69.7 Å². The van der Waals surface area contributed by atoms with Crippen molar-refractivity contribution in [2.75, 3.05) is 13.2 Å². The van der Waals surface area contributed by atoms with E-state index in [0.29, 0.717) is 0 Å². The number of rotatable bonds is 20. The number of aliphatic hydroxyl groups is 5. The van der Waals surface area contributed by atoms with E-state index in [1.165, 1.54) is 13.1 Å². The van der Waals surface area contributed by atoms with Gasteiger partial charge >= 0.3 is 17.9 Å². The SMILES string of the molecule is C[C@H](O)[C@](O)(CCCC(=O)O)C(O)(CCCC(=O)O)c1cnc(C[C@H](O)[C@@H](CO)OCCCC(=O)O)cn1.